The Hall–Kier alpha value is -2.14. The first kappa shape index (κ1) is 13.8. The maximum atomic E-state index is 12.3. The maximum absolute atomic E-state index is 12.3. The van der Waals surface area contributed by atoms with Crippen LogP contribution in [0.25, 0.3) is 0 Å². The molecule has 1 aliphatic heterocycles. The molecule has 2 aromatic carbocycles. The average Bonchev–Trinajstić information content (AvgIpc) is 2.92. The summed E-state index contributed by atoms with van der Waals surface area (Å²) in [5.41, 5.74) is 1.61. The Bertz CT molecular complexity index is 697. The van der Waals surface area contributed by atoms with Crippen LogP contribution in [0.1, 0.15) is 11.5 Å². The molecule has 1 aliphatic rings. The van der Waals surface area contributed by atoms with Crippen molar-refractivity contribution in [3.05, 3.63) is 54.1 Å². The van der Waals surface area contributed by atoms with Gasteiger partial charge in [0.25, 0.3) is 0 Å². The van der Waals surface area contributed by atoms with Crippen molar-refractivity contribution in [2.75, 3.05) is 18.2 Å². The first-order chi connectivity index (χ1) is 10.1. The molecule has 1 amide bonds. The van der Waals surface area contributed by atoms with E-state index >= 15 is 0 Å². The molecule has 2 atom stereocenters. The number of hydrogen-bond donors (Lipinski definition) is 1. The molecule has 1 N–H and O–H groups in total. The van der Waals surface area contributed by atoms with Gasteiger partial charge in [-0.05, 0) is 30.3 Å². The minimum atomic E-state index is -1.01. The number of carbonyl (C=O) groups excluding carboxylic acids is 1. The first-order valence-electron chi connectivity index (χ1n) is 6.61. The summed E-state index contributed by atoms with van der Waals surface area (Å²) >= 11 is 0. The summed E-state index contributed by atoms with van der Waals surface area (Å²) in [5.74, 6) is 0.390. The summed E-state index contributed by atoms with van der Waals surface area (Å²) in [5, 5.41) is 2.87. The zero-order chi connectivity index (χ0) is 14.8. The minimum absolute atomic E-state index is 0.0923. The Kier molecular flexibility index (Phi) is 3.75. The number of benzene rings is 2. The molecular weight excluding hydrogens is 286 g/mol. The van der Waals surface area contributed by atoms with E-state index in [-0.39, 0.29) is 11.8 Å². The topological polar surface area (TPSA) is 55.4 Å². The fourth-order valence-electron chi connectivity index (χ4n) is 2.34. The van der Waals surface area contributed by atoms with Crippen LogP contribution in [-0.4, -0.2) is 23.0 Å². The van der Waals surface area contributed by atoms with Gasteiger partial charge >= 0.3 is 0 Å². The molecule has 0 bridgehead atoms. The number of para-hydroxylation sites is 1. The van der Waals surface area contributed by atoms with Crippen LogP contribution in [-0.2, 0) is 15.6 Å². The van der Waals surface area contributed by atoms with E-state index < -0.39 is 10.8 Å². The van der Waals surface area contributed by atoms with Crippen molar-refractivity contribution in [1.29, 1.82) is 0 Å². The highest BCUT2D eigenvalue weighted by Gasteiger charge is 2.29. The standard InChI is InChI=1S/C16H15NO3S/c1-21(19)12-8-6-11(7-9-12)17-16(18)14-10-20-15-5-3-2-4-13(14)15/h2-9,14H,10H2,1H3,(H,17,18). The number of nitrogens with one attached hydrogen (secondary N) is 1. The second-order valence-electron chi connectivity index (χ2n) is 4.87. The molecule has 1 heterocycles. The van der Waals surface area contributed by atoms with Crippen molar-refractivity contribution >= 4 is 22.4 Å². The van der Waals surface area contributed by atoms with E-state index in [1.54, 1.807) is 30.5 Å². The van der Waals surface area contributed by atoms with Crippen LogP contribution in [0.3, 0.4) is 0 Å². The van der Waals surface area contributed by atoms with E-state index in [9.17, 15) is 9.00 Å². The number of hydrogen-bond acceptors (Lipinski definition) is 3. The van der Waals surface area contributed by atoms with Crippen molar-refractivity contribution in [2.24, 2.45) is 0 Å². The predicted molar refractivity (Wildman–Crippen MR) is 82.1 cm³/mol. The molecule has 0 aliphatic carbocycles. The highest BCUT2D eigenvalue weighted by atomic mass is 32.2. The predicted octanol–water partition coefficient (Wildman–Crippen LogP) is 2.54. The van der Waals surface area contributed by atoms with Crippen LogP contribution in [0.2, 0.25) is 0 Å². The maximum Gasteiger partial charge on any atom is 0.235 e. The van der Waals surface area contributed by atoms with Gasteiger partial charge in [0.05, 0.1) is 0 Å². The van der Waals surface area contributed by atoms with Gasteiger partial charge < -0.3 is 10.1 Å². The summed E-state index contributed by atoms with van der Waals surface area (Å²) in [6.07, 6.45) is 1.63. The molecule has 0 spiro atoms. The summed E-state index contributed by atoms with van der Waals surface area (Å²) in [4.78, 5) is 13.1. The van der Waals surface area contributed by atoms with Gasteiger partial charge in [0, 0.05) is 33.2 Å². The number of carbonyl (C=O) groups is 1. The molecule has 3 rings (SSSR count). The Morgan fingerprint density at radius 3 is 2.62 bits per heavy atom. The van der Waals surface area contributed by atoms with Gasteiger partial charge in [-0.25, -0.2) is 0 Å². The summed E-state index contributed by atoms with van der Waals surface area (Å²) < 4.78 is 16.9. The van der Waals surface area contributed by atoms with Gasteiger partial charge in [-0.2, -0.15) is 0 Å². The number of anilines is 1. The molecule has 2 aromatic rings. The molecule has 108 valence electrons. The van der Waals surface area contributed by atoms with Crippen LogP contribution in [0.4, 0.5) is 5.69 Å². The molecular formula is C16H15NO3S. The van der Waals surface area contributed by atoms with Crippen molar-refractivity contribution in [2.45, 2.75) is 10.8 Å². The molecule has 0 fully saturated rings. The van der Waals surface area contributed by atoms with Crippen LogP contribution < -0.4 is 10.1 Å². The Balaban J connectivity index is 1.74. The van der Waals surface area contributed by atoms with E-state index in [2.05, 4.69) is 5.32 Å². The highest BCUT2D eigenvalue weighted by Crippen LogP contribution is 2.34. The van der Waals surface area contributed by atoms with Crippen molar-refractivity contribution in [3.63, 3.8) is 0 Å². The van der Waals surface area contributed by atoms with Gasteiger partial charge in [0.2, 0.25) is 5.91 Å². The Morgan fingerprint density at radius 1 is 1.19 bits per heavy atom. The zero-order valence-electron chi connectivity index (χ0n) is 11.5. The van der Waals surface area contributed by atoms with Gasteiger partial charge in [0.1, 0.15) is 18.3 Å². The highest BCUT2D eigenvalue weighted by molar-refractivity contribution is 7.84. The molecule has 0 saturated carbocycles. The van der Waals surface area contributed by atoms with Crippen LogP contribution >= 0.6 is 0 Å². The molecule has 0 aromatic heterocycles. The average molecular weight is 301 g/mol. The van der Waals surface area contributed by atoms with Crippen molar-refractivity contribution < 1.29 is 13.7 Å². The van der Waals surface area contributed by atoms with Crippen LogP contribution in [0, 0.1) is 0 Å². The number of fused-ring (bicyclic) bond motifs is 1. The first-order valence-corrected chi connectivity index (χ1v) is 8.17. The van der Waals surface area contributed by atoms with E-state index in [4.69, 9.17) is 4.74 Å². The Morgan fingerprint density at radius 2 is 1.90 bits per heavy atom. The lowest BCUT2D eigenvalue weighted by Gasteiger charge is -2.10. The second-order valence-corrected chi connectivity index (χ2v) is 6.25. The lowest BCUT2D eigenvalue weighted by molar-refractivity contribution is -0.117. The van der Waals surface area contributed by atoms with Gasteiger partial charge in [0.15, 0.2) is 0 Å². The third-order valence-corrected chi connectivity index (χ3v) is 4.41. The molecule has 4 nitrogen and oxygen atoms in total. The number of ether oxygens (including phenoxy) is 1. The quantitative estimate of drug-likeness (QED) is 0.948. The zero-order valence-corrected chi connectivity index (χ0v) is 12.4. The third kappa shape index (κ3) is 2.83. The van der Waals surface area contributed by atoms with E-state index in [0.717, 1.165) is 16.2 Å². The van der Waals surface area contributed by atoms with Crippen LogP contribution in [0.5, 0.6) is 5.75 Å². The summed E-state index contributed by atoms with van der Waals surface area (Å²) in [6.45, 7) is 0.363. The van der Waals surface area contributed by atoms with Crippen molar-refractivity contribution in [3.8, 4) is 5.75 Å². The lowest BCUT2D eigenvalue weighted by Crippen LogP contribution is -2.22. The summed E-state index contributed by atoms with van der Waals surface area (Å²) in [6, 6.07) is 14.6. The molecule has 2 unspecified atom stereocenters. The van der Waals surface area contributed by atoms with E-state index in [1.807, 2.05) is 24.3 Å². The largest absolute Gasteiger partial charge is 0.492 e. The lowest BCUT2D eigenvalue weighted by atomic mass is 10.0. The normalized spacial score (nSPS) is 17.7. The third-order valence-electron chi connectivity index (χ3n) is 3.47. The fourth-order valence-corrected chi connectivity index (χ4v) is 2.86. The number of rotatable bonds is 3. The fraction of sp³-hybridized carbons (Fsp3) is 0.188. The molecule has 21 heavy (non-hydrogen) atoms. The van der Waals surface area contributed by atoms with Crippen LogP contribution in [0.15, 0.2) is 53.4 Å². The van der Waals surface area contributed by atoms with Gasteiger partial charge in [-0.15, -0.1) is 0 Å². The van der Waals surface area contributed by atoms with Crippen molar-refractivity contribution in [1.82, 2.24) is 0 Å². The Labute approximate surface area is 125 Å². The van der Waals surface area contributed by atoms with E-state index in [1.165, 1.54) is 0 Å². The van der Waals surface area contributed by atoms with Gasteiger partial charge in [-0.1, -0.05) is 18.2 Å². The van der Waals surface area contributed by atoms with Gasteiger partial charge in [-0.3, -0.25) is 9.00 Å². The minimum Gasteiger partial charge on any atom is -0.492 e. The number of amides is 1. The van der Waals surface area contributed by atoms with E-state index in [0.29, 0.717) is 12.3 Å². The molecule has 0 radical (unpaired) electrons. The SMILES string of the molecule is CS(=O)c1ccc(NC(=O)C2COc3ccccc32)cc1. The monoisotopic (exact) mass is 301 g/mol. The smallest absolute Gasteiger partial charge is 0.235 e. The second kappa shape index (κ2) is 5.69. The molecule has 5 heteroatoms. The summed E-state index contributed by atoms with van der Waals surface area (Å²) in [7, 11) is -1.01. The molecule has 0 saturated heterocycles.